The molecule has 10 nitrogen and oxygen atoms in total. The van der Waals surface area contributed by atoms with Crippen LogP contribution in [0.4, 0.5) is 15.3 Å². The van der Waals surface area contributed by atoms with E-state index < -0.39 is 36.0 Å². The standard InChI is InChI=1S/C19H28ClN5O5/c1-11(2)15(25-19(29)30)17(27)24-14(4-3-9-22-18(21)28)16(26)23-13-7-5-12(10-20)6-8-13/h5-8,11,14-15,25H,3-4,9-10H2,1-2H3,(H,23,26)(H,24,27)(H,29,30)(H3,21,22,28)/t14-,15-/m0/s1. The molecule has 30 heavy (non-hydrogen) atoms. The number of nitrogens with two attached hydrogens (primary N) is 1. The van der Waals surface area contributed by atoms with Gasteiger partial charge in [0.2, 0.25) is 11.8 Å². The molecule has 0 bridgehead atoms. The number of hydrogen-bond donors (Lipinski definition) is 6. The van der Waals surface area contributed by atoms with Crippen molar-refractivity contribution in [1.29, 1.82) is 0 Å². The van der Waals surface area contributed by atoms with E-state index >= 15 is 0 Å². The highest BCUT2D eigenvalue weighted by molar-refractivity contribution is 6.17. The topological polar surface area (TPSA) is 163 Å². The Bertz CT molecular complexity index is 741. The lowest BCUT2D eigenvalue weighted by molar-refractivity contribution is -0.128. The summed E-state index contributed by atoms with van der Waals surface area (Å²) < 4.78 is 0. The average Bonchev–Trinajstić information content (AvgIpc) is 2.68. The number of rotatable bonds is 11. The molecule has 0 heterocycles. The SMILES string of the molecule is CC(C)[C@H](NC(=O)O)C(=O)N[C@@H](CCCNC(N)=O)C(=O)Nc1ccc(CCl)cc1. The minimum atomic E-state index is -1.34. The summed E-state index contributed by atoms with van der Waals surface area (Å²) in [5.41, 5.74) is 6.43. The third kappa shape index (κ3) is 8.99. The van der Waals surface area contributed by atoms with Gasteiger partial charge in [-0.05, 0) is 36.5 Å². The first-order valence-corrected chi connectivity index (χ1v) is 9.96. The number of urea groups is 1. The number of nitrogens with one attached hydrogen (secondary N) is 4. The van der Waals surface area contributed by atoms with Gasteiger partial charge < -0.3 is 32.1 Å². The lowest BCUT2D eigenvalue weighted by atomic mass is 10.0. The number of hydrogen-bond acceptors (Lipinski definition) is 4. The van der Waals surface area contributed by atoms with Gasteiger partial charge in [-0.3, -0.25) is 9.59 Å². The summed E-state index contributed by atoms with van der Waals surface area (Å²) in [6.45, 7) is 3.59. The van der Waals surface area contributed by atoms with Crippen LogP contribution in [0, 0.1) is 5.92 Å². The number of halogens is 1. The molecule has 0 unspecified atom stereocenters. The molecule has 11 heteroatoms. The van der Waals surface area contributed by atoms with Crippen LogP contribution in [0.15, 0.2) is 24.3 Å². The van der Waals surface area contributed by atoms with E-state index in [9.17, 15) is 19.2 Å². The molecule has 0 aliphatic carbocycles. The predicted molar refractivity (Wildman–Crippen MR) is 113 cm³/mol. The van der Waals surface area contributed by atoms with Crippen molar-refractivity contribution in [3.8, 4) is 0 Å². The van der Waals surface area contributed by atoms with E-state index in [1.807, 2.05) is 0 Å². The van der Waals surface area contributed by atoms with Gasteiger partial charge in [-0.15, -0.1) is 11.6 Å². The lowest BCUT2D eigenvalue weighted by Crippen LogP contribution is -2.54. The zero-order valence-electron chi connectivity index (χ0n) is 16.9. The number of amides is 5. The van der Waals surface area contributed by atoms with Crippen molar-refractivity contribution in [2.45, 2.75) is 44.7 Å². The van der Waals surface area contributed by atoms with E-state index in [1.54, 1.807) is 38.1 Å². The molecule has 166 valence electrons. The number of anilines is 1. The van der Waals surface area contributed by atoms with Crippen molar-refractivity contribution in [3.05, 3.63) is 29.8 Å². The number of primary amides is 1. The smallest absolute Gasteiger partial charge is 0.405 e. The van der Waals surface area contributed by atoms with Crippen LogP contribution in [-0.4, -0.2) is 47.7 Å². The molecule has 0 spiro atoms. The van der Waals surface area contributed by atoms with Crippen LogP contribution in [-0.2, 0) is 15.5 Å². The molecule has 0 radical (unpaired) electrons. The van der Waals surface area contributed by atoms with E-state index in [4.69, 9.17) is 22.4 Å². The van der Waals surface area contributed by atoms with Crippen LogP contribution in [0.25, 0.3) is 0 Å². The van der Waals surface area contributed by atoms with Gasteiger partial charge in [0, 0.05) is 18.1 Å². The van der Waals surface area contributed by atoms with E-state index in [0.717, 1.165) is 5.56 Å². The number of carboxylic acid groups (broad SMARTS) is 1. The van der Waals surface area contributed by atoms with Gasteiger partial charge in [0.25, 0.3) is 0 Å². The summed E-state index contributed by atoms with van der Waals surface area (Å²) in [5, 5.41) is 18.8. The zero-order valence-corrected chi connectivity index (χ0v) is 17.7. The van der Waals surface area contributed by atoms with Crippen molar-refractivity contribution in [1.82, 2.24) is 16.0 Å². The summed E-state index contributed by atoms with van der Waals surface area (Å²) in [7, 11) is 0. The van der Waals surface area contributed by atoms with Crippen LogP contribution in [0.3, 0.4) is 0 Å². The second-order valence-electron chi connectivity index (χ2n) is 6.99. The molecule has 1 rings (SSSR count). The highest BCUT2D eigenvalue weighted by Gasteiger charge is 2.28. The summed E-state index contributed by atoms with van der Waals surface area (Å²) in [4.78, 5) is 47.1. The summed E-state index contributed by atoms with van der Waals surface area (Å²) >= 11 is 5.76. The molecule has 0 saturated carbocycles. The quantitative estimate of drug-likeness (QED) is 0.226. The first kappa shape index (κ1) is 25.0. The normalized spacial score (nSPS) is 12.5. The third-order valence-electron chi connectivity index (χ3n) is 4.21. The summed E-state index contributed by atoms with van der Waals surface area (Å²) in [6, 6.07) is 4.24. The zero-order chi connectivity index (χ0) is 22.7. The fourth-order valence-corrected chi connectivity index (χ4v) is 2.80. The molecule has 1 aromatic rings. The molecule has 1 aromatic carbocycles. The molecule has 7 N–H and O–H groups in total. The Kier molecular flexibility index (Phi) is 10.5. The van der Waals surface area contributed by atoms with Gasteiger partial charge in [0.15, 0.2) is 0 Å². The number of alkyl halides is 1. The van der Waals surface area contributed by atoms with Crippen molar-refractivity contribution in [3.63, 3.8) is 0 Å². The van der Waals surface area contributed by atoms with Crippen molar-refractivity contribution < 1.29 is 24.3 Å². The van der Waals surface area contributed by atoms with E-state index in [0.29, 0.717) is 18.0 Å². The van der Waals surface area contributed by atoms with Gasteiger partial charge in [-0.25, -0.2) is 9.59 Å². The molecule has 0 fully saturated rings. The van der Waals surface area contributed by atoms with Crippen LogP contribution < -0.4 is 27.0 Å². The average molecular weight is 442 g/mol. The van der Waals surface area contributed by atoms with Gasteiger partial charge in [-0.1, -0.05) is 26.0 Å². The van der Waals surface area contributed by atoms with Gasteiger partial charge >= 0.3 is 12.1 Å². The molecule has 0 aromatic heterocycles. The number of carbonyl (C=O) groups is 4. The Morgan fingerprint density at radius 3 is 2.20 bits per heavy atom. The molecule has 0 aliphatic rings. The number of carbonyl (C=O) groups excluding carboxylic acids is 3. The Hall–Kier alpha value is -3.01. The molecular weight excluding hydrogens is 414 g/mol. The van der Waals surface area contributed by atoms with E-state index in [-0.39, 0.29) is 18.9 Å². The van der Waals surface area contributed by atoms with Crippen LogP contribution in [0.2, 0.25) is 0 Å². The molecule has 0 saturated heterocycles. The van der Waals surface area contributed by atoms with Crippen LogP contribution in [0.5, 0.6) is 0 Å². The van der Waals surface area contributed by atoms with Crippen molar-refractivity contribution in [2.75, 3.05) is 11.9 Å². The molecule has 0 aliphatic heterocycles. The fourth-order valence-electron chi connectivity index (χ4n) is 2.62. The van der Waals surface area contributed by atoms with Crippen molar-refractivity contribution in [2.24, 2.45) is 11.7 Å². The monoisotopic (exact) mass is 441 g/mol. The van der Waals surface area contributed by atoms with E-state index in [2.05, 4.69) is 21.3 Å². The van der Waals surface area contributed by atoms with Gasteiger partial charge in [-0.2, -0.15) is 0 Å². The molecule has 2 atom stereocenters. The Balaban J connectivity index is 2.87. The minimum Gasteiger partial charge on any atom is -0.465 e. The van der Waals surface area contributed by atoms with Crippen LogP contribution >= 0.6 is 11.6 Å². The Labute approximate surface area is 179 Å². The highest BCUT2D eigenvalue weighted by atomic mass is 35.5. The van der Waals surface area contributed by atoms with Gasteiger partial charge in [0.1, 0.15) is 12.1 Å². The maximum absolute atomic E-state index is 12.7. The molecular formula is C19H28ClN5O5. The molecule has 5 amide bonds. The maximum atomic E-state index is 12.7. The van der Waals surface area contributed by atoms with Gasteiger partial charge in [0.05, 0.1) is 0 Å². The lowest BCUT2D eigenvalue weighted by Gasteiger charge is -2.24. The minimum absolute atomic E-state index is 0.204. The van der Waals surface area contributed by atoms with E-state index in [1.165, 1.54) is 0 Å². The summed E-state index contributed by atoms with van der Waals surface area (Å²) in [5.74, 6) is -1.08. The van der Waals surface area contributed by atoms with Crippen LogP contribution in [0.1, 0.15) is 32.3 Å². The second kappa shape index (κ2) is 12.5. The van der Waals surface area contributed by atoms with Crippen molar-refractivity contribution >= 4 is 41.2 Å². The third-order valence-corrected chi connectivity index (χ3v) is 4.51. The maximum Gasteiger partial charge on any atom is 0.405 e. The Morgan fingerprint density at radius 2 is 1.70 bits per heavy atom. The fraction of sp³-hybridized carbons (Fsp3) is 0.474. The largest absolute Gasteiger partial charge is 0.465 e. The first-order chi connectivity index (χ1) is 14.1. The highest BCUT2D eigenvalue weighted by Crippen LogP contribution is 2.13. The summed E-state index contributed by atoms with van der Waals surface area (Å²) in [6.07, 6.45) is -0.768. The second-order valence-corrected chi connectivity index (χ2v) is 7.25. The first-order valence-electron chi connectivity index (χ1n) is 9.43. The predicted octanol–water partition coefficient (Wildman–Crippen LogP) is 1.59. The number of benzene rings is 1. The Morgan fingerprint density at radius 1 is 1.07 bits per heavy atom.